The van der Waals surface area contributed by atoms with Gasteiger partial charge in [-0.05, 0) is 0 Å². The van der Waals surface area contributed by atoms with Gasteiger partial charge in [-0.3, -0.25) is 9.89 Å². The number of nitrogens with zero attached hydrogens (tertiary/aromatic N) is 1. The van der Waals surface area contributed by atoms with Crippen LogP contribution in [-0.2, 0) is 4.79 Å². The molecule has 0 aromatic rings. The Bertz CT molecular complexity index is 153. The van der Waals surface area contributed by atoms with Crippen LogP contribution in [0, 0.1) is 0 Å². The van der Waals surface area contributed by atoms with Gasteiger partial charge in [0, 0.05) is 0 Å². The average Bonchev–Trinajstić information content (AvgIpc) is 2.15. The Morgan fingerprint density at radius 3 is 3.11 bits per heavy atom. The fourth-order valence-corrected chi connectivity index (χ4v) is 0.765. The lowest BCUT2D eigenvalue weighted by Crippen LogP contribution is -2.19. The monoisotopic (exact) mass is 129 g/mol. The second-order valence-corrected chi connectivity index (χ2v) is 1.95. The predicted molar refractivity (Wildman–Crippen MR) is 31.7 cm³/mol. The summed E-state index contributed by atoms with van der Waals surface area (Å²) in [7, 11) is 0. The maximum atomic E-state index is 10.1. The van der Waals surface area contributed by atoms with Crippen molar-refractivity contribution in [3.63, 3.8) is 0 Å². The maximum absolute atomic E-state index is 10.1. The van der Waals surface area contributed by atoms with Gasteiger partial charge >= 0.3 is 5.97 Å². The van der Waals surface area contributed by atoms with Crippen LogP contribution >= 0.6 is 0 Å². The van der Waals surface area contributed by atoms with Crippen molar-refractivity contribution in [1.82, 2.24) is 5.32 Å². The third-order valence-corrected chi connectivity index (χ3v) is 1.16. The molecule has 0 aliphatic carbocycles. The molecular weight excluding hydrogens is 120 g/mol. The van der Waals surface area contributed by atoms with Crippen LogP contribution in [-0.4, -0.2) is 41.6 Å². The van der Waals surface area contributed by atoms with Crippen molar-refractivity contribution in [2.24, 2.45) is 0 Å². The first kappa shape index (κ1) is 6.07. The maximum Gasteiger partial charge on any atom is 0.345 e. The summed E-state index contributed by atoms with van der Waals surface area (Å²) in [6.45, 7) is 1.76. The molecule has 1 aliphatic rings. The van der Waals surface area contributed by atoms with Gasteiger partial charge in [0.15, 0.2) is 6.54 Å². The molecule has 4 nitrogen and oxygen atoms in total. The van der Waals surface area contributed by atoms with Gasteiger partial charge in [0.1, 0.15) is 13.1 Å². The van der Waals surface area contributed by atoms with E-state index in [0.717, 1.165) is 13.1 Å². The summed E-state index contributed by atoms with van der Waals surface area (Å²) in [4.78, 5) is 10.1. The van der Waals surface area contributed by atoms with Gasteiger partial charge < -0.3 is 5.11 Å². The zero-order valence-electron chi connectivity index (χ0n) is 5.00. The van der Waals surface area contributed by atoms with E-state index < -0.39 is 5.97 Å². The van der Waals surface area contributed by atoms with Gasteiger partial charge in [-0.1, -0.05) is 0 Å². The lowest BCUT2D eigenvalue weighted by molar-refractivity contribution is -0.503. The Kier molecular flexibility index (Phi) is 1.67. The van der Waals surface area contributed by atoms with Gasteiger partial charge in [-0.15, -0.1) is 0 Å². The highest BCUT2D eigenvalue weighted by Crippen LogP contribution is 1.78. The number of rotatable bonds is 2. The second-order valence-electron chi connectivity index (χ2n) is 1.95. The van der Waals surface area contributed by atoms with E-state index in [2.05, 4.69) is 5.32 Å². The number of carboxylic acids is 1. The summed E-state index contributed by atoms with van der Waals surface area (Å²) < 4.78 is 1.72. The molecule has 0 fully saturated rings. The molecule has 1 aliphatic heterocycles. The molecule has 0 saturated heterocycles. The van der Waals surface area contributed by atoms with Crippen LogP contribution in [0.4, 0.5) is 0 Å². The standard InChI is InChI=1S/C5H8N2O2/c8-5(9)3-7-2-1-6-4-7/h4H,1-3H2,(H,8,9)/p+1. The third-order valence-electron chi connectivity index (χ3n) is 1.16. The molecule has 0 bridgehead atoms. The van der Waals surface area contributed by atoms with E-state index in [1.165, 1.54) is 0 Å². The molecule has 0 unspecified atom stereocenters. The molecule has 4 heteroatoms. The van der Waals surface area contributed by atoms with Crippen LogP contribution in [0.2, 0.25) is 0 Å². The largest absolute Gasteiger partial charge is 0.478 e. The lowest BCUT2D eigenvalue weighted by Gasteiger charge is -1.91. The summed E-state index contributed by atoms with van der Waals surface area (Å²) >= 11 is 0. The van der Waals surface area contributed by atoms with Gasteiger partial charge in [-0.2, -0.15) is 0 Å². The Hall–Kier alpha value is -1.06. The highest BCUT2D eigenvalue weighted by molar-refractivity contribution is 5.68. The summed E-state index contributed by atoms with van der Waals surface area (Å²) in [5.41, 5.74) is 0. The van der Waals surface area contributed by atoms with E-state index in [1.54, 1.807) is 10.9 Å². The summed E-state index contributed by atoms with van der Waals surface area (Å²) in [6, 6.07) is 0. The van der Waals surface area contributed by atoms with E-state index in [9.17, 15) is 4.79 Å². The third kappa shape index (κ3) is 1.71. The Labute approximate surface area is 52.8 Å². The molecule has 0 aromatic heterocycles. The van der Waals surface area contributed by atoms with Crippen molar-refractivity contribution < 1.29 is 14.5 Å². The van der Waals surface area contributed by atoms with E-state index in [4.69, 9.17) is 5.11 Å². The highest BCUT2D eigenvalue weighted by Gasteiger charge is 2.10. The fourth-order valence-electron chi connectivity index (χ4n) is 0.765. The van der Waals surface area contributed by atoms with Crippen LogP contribution < -0.4 is 5.32 Å². The van der Waals surface area contributed by atoms with Crippen LogP contribution in [0.3, 0.4) is 0 Å². The quantitative estimate of drug-likeness (QED) is 0.456. The minimum atomic E-state index is -0.782. The van der Waals surface area contributed by atoms with Crippen molar-refractivity contribution in [2.45, 2.75) is 0 Å². The van der Waals surface area contributed by atoms with Crippen LogP contribution in [0.15, 0.2) is 0 Å². The SMILES string of the molecule is O=C(O)C[N+]1=CNCC1. The molecular formula is C5H9N2O2+. The Morgan fingerprint density at radius 1 is 1.89 bits per heavy atom. The molecule has 0 aromatic carbocycles. The van der Waals surface area contributed by atoms with Gasteiger partial charge in [0.2, 0.25) is 6.34 Å². The fraction of sp³-hybridized carbons (Fsp3) is 0.600. The first-order valence-electron chi connectivity index (χ1n) is 2.81. The number of carbonyl (C=O) groups is 1. The smallest absolute Gasteiger partial charge is 0.345 e. The number of hydrogen-bond donors (Lipinski definition) is 2. The van der Waals surface area contributed by atoms with Crippen molar-refractivity contribution in [2.75, 3.05) is 19.6 Å². The van der Waals surface area contributed by atoms with Crippen molar-refractivity contribution in [1.29, 1.82) is 0 Å². The molecule has 2 N–H and O–H groups in total. The Morgan fingerprint density at radius 2 is 2.67 bits per heavy atom. The topological polar surface area (TPSA) is 52.3 Å². The number of nitrogens with one attached hydrogen (secondary N) is 1. The van der Waals surface area contributed by atoms with Crippen LogP contribution in [0.5, 0.6) is 0 Å². The van der Waals surface area contributed by atoms with Crippen molar-refractivity contribution >= 4 is 12.3 Å². The molecule has 1 heterocycles. The molecule has 1 rings (SSSR count). The molecule has 0 spiro atoms. The number of aliphatic carboxylic acids is 1. The van der Waals surface area contributed by atoms with Crippen LogP contribution in [0.1, 0.15) is 0 Å². The first-order valence-corrected chi connectivity index (χ1v) is 2.81. The normalized spacial score (nSPS) is 16.7. The molecule has 9 heavy (non-hydrogen) atoms. The highest BCUT2D eigenvalue weighted by atomic mass is 16.4. The van der Waals surface area contributed by atoms with Crippen LogP contribution in [0.25, 0.3) is 0 Å². The molecule has 0 amide bonds. The molecule has 0 saturated carbocycles. The molecule has 0 radical (unpaired) electrons. The van der Waals surface area contributed by atoms with Gasteiger partial charge in [0.05, 0.1) is 0 Å². The first-order chi connectivity index (χ1) is 4.29. The second kappa shape index (κ2) is 2.48. The zero-order valence-corrected chi connectivity index (χ0v) is 5.00. The number of hydrogen-bond acceptors (Lipinski definition) is 2. The van der Waals surface area contributed by atoms with Gasteiger partial charge in [-0.25, -0.2) is 4.79 Å². The Balaban J connectivity index is 2.35. The van der Waals surface area contributed by atoms with E-state index in [-0.39, 0.29) is 6.54 Å². The van der Waals surface area contributed by atoms with E-state index in [1.807, 2.05) is 0 Å². The number of carboxylic acid groups (broad SMARTS) is 1. The zero-order chi connectivity index (χ0) is 6.69. The lowest BCUT2D eigenvalue weighted by atomic mass is 10.6. The summed E-state index contributed by atoms with van der Waals surface area (Å²) in [5.74, 6) is -0.782. The van der Waals surface area contributed by atoms with Crippen molar-refractivity contribution in [3.05, 3.63) is 0 Å². The van der Waals surface area contributed by atoms with Crippen molar-refractivity contribution in [3.8, 4) is 0 Å². The van der Waals surface area contributed by atoms with Gasteiger partial charge in [0.25, 0.3) is 0 Å². The summed E-state index contributed by atoms with van der Waals surface area (Å²) in [5, 5.41) is 11.2. The molecule has 0 atom stereocenters. The predicted octanol–water partition coefficient (Wildman–Crippen LogP) is -1.28. The minimum absolute atomic E-state index is 0.104. The van der Waals surface area contributed by atoms with E-state index >= 15 is 0 Å². The average molecular weight is 129 g/mol. The minimum Gasteiger partial charge on any atom is -0.478 e. The van der Waals surface area contributed by atoms with E-state index in [0.29, 0.717) is 0 Å². The molecule has 50 valence electrons. The summed E-state index contributed by atoms with van der Waals surface area (Å²) in [6.07, 6.45) is 1.70.